The molecular weight excluding hydrogens is 311 g/mol. The molecule has 1 saturated heterocycles. The number of halogens is 2. The maximum Gasteiger partial charge on any atom is 0.220 e. The van der Waals surface area contributed by atoms with Crippen LogP contribution in [0.1, 0.15) is 24.0 Å². The van der Waals surface area contributed by atoms with E-state index in [-0.39, 0.29) is 17.8 Å². The van der Waals surface area contributed by atoms with E-state index in [1.807, 2.05) is 6.07 Å². The zero-order valence-electron chi connectivity index (χ0n) is 10.6. The Hall–Kier alpha value is -0.940. The molecule has 2 heterocycles. The highest BCUT2D eigenvalue weighted by atomic mass is 79.9. The second-order valence-electron chi connectivity index (χ2n) is 5.29. The molecule has 1 fully saturated rings. The smallest absolute Gasteiger partial charge is 0.220 e. The summed E-state index contributed by atoms with van der Waals surface area (Å²) in [6, 6.07) is 4.00. The van der Waals surface area contributed by atoms with Gasteiger partial charge in [0.25, 0.3) is 0 Å². The van der Waals surface area contributed by atoms with Crippen LogP contribution in [0.5, 0.6) is 0 Å². The first kappa shape index (κ1) is 13.1. The van der Waals surface area contributed by atoms with Gasteiger partial charge in [0.1, 0.15) is 5.82 Å². The largest absolute Gasteiger partial charge is 0.352 e. The molecule has 1 aromatic rings. The van der Waals surface area contributed by atoms with Crippen LogP contribution in [0.25, 0.3) is 0 Å². The fourth-order valence-electron chi connectivity index (χ4n) is 2.90. The molecule has 19 heavy (non-hydrogen) atoms. The highest BCUT2D eigenvalue weighted by Crippen LogP contribution is 2.27. The summed E-state index contributed by atoms with van der Waals surface area (Å²) in [7, 11) is 0. The minimum atomic E-state index is -0.141. The average molecular weight is 327 g/mol. The van der Waals surface area contributed by atoms with Crippen molar-refractivity contribution in [1.82, 2.24) is 10.2 Å². The molecule has 0 spiro atoms. The van der Waals surface area contributed by atoms with Crippen LogP contribution in [-0.4, -0.2) is 29.9 Å². The molecule has 0 aromatic heterocycles. The number of amides is 1. The topological polar surface area (TPSA) is 32.3 Å². The molecule has 0 bridgehead atoms. The van der Waals surface area contributed by atoms with Crippen LogP contribution in [0.2, 0.25) is 0 Å². The monoisotopic (exact) mass is 326 g/mol. The lowest BCUT2D eigenvalue weighted by Crippen LogP contribution is -2.41. The van der Waals surface area contributed by atoms with Gasteiger partial charge in [-0.05, 0) is 40.4 Å². The third kappa shape index (κ3) is 2.67. The lowest BCUT2D eigenvalue weighted by atomic mass is 9.99. The lowest BCUT2D eigenvalue weighted by molar-refractivity contribution is -0.119. The fraction of sp³-hybridized carbons (Fsp3) is 0.500. The average Bonchev–Trinajstić information content (AvgIpc) is 2.80. The molecule has 1 N–H and O–H groups in total. The Morgan fingerprint density at radius 2 is 2.26 bits per heavy atom. The number of rotatable bonds is 2. The van der Waals surface area contributed by atoms with Gasteiger partial charge in [-0.3, -0.25) is 9.69 Å². The molecule has 5 heteroatoms. The minimum absolute atomic E-state index is 0.135. The maximum atomic E-state index is 14.1. The van der Waals surface area contributed by atoms with E-state index in [2.05, 4.69) is 26.1 Å². The Morgan fingerprint density at radius 1 is 1.42 bits per heavy atom. The molecule has 1 atom stereocenters. The molecule has 0 saturated carbocycles. The van der Waals surface area contributed by atoms with Crippen LogP contribution in [-0.2, 0) is 17.8 Å². The molecule has 0 radical (unpaired) electrons. The van der Waals surface area contributed by atoms with Crippen LogP contribution in [0.4, 0.5) is 4.39 Å². The SMILES string of the molecule is O=C1CC[C@@H](CN2CCc3ccc(Br)c(F)c3C2)N1. The molecule has 0 unspecified atom stereocenters. The van der Waals surface area contributed by atoms with E-state index in [0.29, 0.717) is 17.4 Å². The van der Waals surface area contributed by atoms with Gasteiger partial charge in [0, 0.05) is 37.7 Å². The molecule has 2 aliphatic heterocycles. The number of carbonyl (C=O) groups excluding carboxylic acids is 1. The number of hydrogen-bond donors (Lipinski definition) is 1. The van der Waals surface area contributed by atoms with E-state index in [1.54, 1.807) is 6.07 Å². The lowest BCUT2D eigenvalue weighted by Gasteiger charge is -2.31. The first-order valence-corrected chi connectivity index (χ1v) is 7.40. The molecule has 1 aromatic carbocycles. The summed E-state index contributed by atoms with van der Waals surface area (Å²) in [6.07, 6.45) is 2.39. The van der Waals surface area contributed by atoms with Gasteiger partial charge in [-0.1, -0.05) is 6.07 Å². The zero-order chi connectivity index (χ0) is 13.4. The Labute approximate surface area is 120 Å². The normalized spacial score (nSPS) is 23.3. The van der Waals surface area contributed by atoms with E-state index in [1.165, 1.54) is 0 Å². The van der Waals surface area contributed by atoms with Crippen molar-refractivity contribution in [2.75, 3.05) is 13.1 Å². The third-order valence-corrected chi connectivity index (χ3v) is 4.55. The Kier molecular flexibility index (Phi) is 3.58. The number of fused-ring (bicyclic) bond motifs is 1. The van der Waals surface area contributed by atoms with Crippen LogP contribution >= 0.6 is 15.9 Å². The van der Waals surface area contributed by atoms with E-state index in [0.717, 1.165) is 37.1 Å². The van der Waals surface area contributed by atoms with Gasteiger partial charge >= 0.3 is 0 Å². The maximum absolute atomic E-state index is 14.1. The third-order valence-electron chi connectivity index (χ3n) is 3.94. The molecular formula is C14H16BrFN2O. The molecule has 1 amide bonds. The number of nitrogens with one attached hydrogen (secondary N) is 1. The Bertz CT molecular complexity index is 520. The molecule has 3 nitrogen and oxygen atoms in total. The van der Waals surface area contributed by atoms with Gasteiger partial charge < -0.3 is 5.32 Å². The first-order valence-electron chi connectivity index (χ1n) is 6.61. The van der Waals surface area contributed by atoms with Crippen molar-refractivity contribution in [2.45, 2.75) is 31.8 Å². The van der Waals surface area contributed by atoms with Crippen molar-refractivity contribution in [1.29, 1.82) is 0 Å². The summed E-state index contributed by atoms with van der Waals surface area (Å²) in [4.78, 5) is 13.4. The summed E-state index contributed by atoms with van der Waals surface area (Å²) in [5.74, 6) is -0.00556. The van der Waals surface area contributed by atoms with E-state index < -0.39 is 0 Å². The van der Waals surface area contributed by atoms with Crippen molar-refractivity contribution in [3.05, 3.63) is 33.5 Å². The molecule has 2 aliphatic rings. The first-order chi connectivity index (χ1) is 9.13. The van der Waals surface area contributed by atoms with Gasteiger partial charge in [0.15, 0.2) is 0 Å². The number of nitrogens with zero attached hydrogens (tertiary/aromatic N) is 1. The summed E-state index contributed by atoms with van der Waals surface area (Å²) >= 11 is 3.24. The summed E-state index contributed by atoms with van der Waals surface area (Å²) < 4.78 is 14.6. The van der Waals surface area contributed by atoms with Crippen molar-refractivity contribution >= 4 is 21.8 Å². The van der Waals surface area contributed by atoms with E-state index in [9.17, 15) is 9.18 Å². The Morgan fingerprint density at radius 3 is 3.00 bits per heavy atom. The van der Waals surface area contributed by atoms with Crippen molar-refractivity contribution in [2.24, 2.45) is 0 Å². The zero-order valence-corrected chi connectivity index (χ0v) is 12.2. The van der Waals surface area contributed by atoms with Crippen molar-refractivity contribution in [3.8, 4) is 0 Å². The van der Waals surface area contributed by atoms with Gasteiger partial charge in [-0.2, -0.15) is 0 Å². The number of carbonyl (C=O) groups is 1. The van der Waals surface area contributed by atoms with Gasteiger partial charge in [0.2, 0.25) is 5.91 Å². The fourth-order valence-corrected chi connectivity index (χ4v) is 3.27. The second kappa shape index (κ2) is 5.21. The van der Waals surface area contributed by atoms with Crippen molar-refractivity contribution < 1.29 is 9.18 Å². The van der Waals surface area contributed by atoms with Crippen LogP contribution < -0.4 is 5.32 Å². The molecule has 0 aliphatic carbocycles. The summed E-state index contributed by atoms with van der Waals surface area (Å²) in [5, 5.41) is 2.97. The quantitative estimate of drug-likeness (QED) is 0.903. The molecule has 102 valence electrons. The Balaban J connectivity index is 1.71. The summed E-state index contributed by atoms with van der Waals surface area (Å²) in [5.41, 5.74) is 1.90. The number of benzene rings is 1. The van der Waals surface area contributed by atoms with Crippen molar-refractivity contribution in [3.63, 3.8) is 0 Å². The van der Waals surface area contributed by atoms with Gasteiger partial charge in [0.05, 0.1) is 4.47 Å². The highest BCUT2D eigenvalue weighted by molar-refractivity contribution is 9.10. The second-order valence-corrected chi connectivity index (χ2v) is 6.14. The predicted molar refractivity (Wildman–Crippen MR) is 74.2 cm³/mol. The van der Waals surface area contributed by atoms with E-state index >= 15 is 0 Å². The predicted octanol–water partition coefficient (Wildman–Crippen LogP) is 2.22. The standard InChI is InChI=1S/C14H16BrFN2O/c15-12-3-1-9-5-6-18(8-11(9)14(12)16)7-10-2-4-13(19)17-10/h1,3,10H,2,4-8H2,(H,17,19)/t10-/m0/s1. The summed E-state index contributed by atoms with van der Waals surface area (Å²) in [6.45, 7) is 2.38. The molecule has 3 rings (SSSR count). The van der Waals surface area contributed by atoms with Crippen LogP contribution in [0.15, 0.2) is 16.6 Å². The highest BCUT2D eigenvalue weighted by Gasteiger charge is 2.26. The van der Waals surface area contributed by atoms with Gasteiger partial charge in [-0.15, -0.1) is 0 Å². The minimum Gasteiger partial charge on any atom is -0.352 e. The number of hydrogen-bond acceptors (Lipinski definition) is 2. The van der Waals surface area contributed by atoms with Gasteiger partial charge in [-0.25, -0.2) is 4.39 Å². The van der Waals surface area contributed by atoms with Crippen LogP contribution in [0.3, 0.4) is 0 Å². The van der Waals surface area contributed by atoms with Crippen LogP contribution in [0, 0.1) is 5.82 Å². The van der Waals surface area contributed by atoms with E-state index in [4.69, 9.17) is 0 Å².